The molecule has 3 aromatic rings. The van der Waals surface area contributed by atoms with Crippen LogP contribution in [0, 0.1) is 10.1 Å². The fourth-order valence-corrected chi connectivity index (χ4v) is 3.84. The maximum absolute atomic E-state index is 13.3. The number of hydrogen-bond acceptors (Lipinski definition) is 5. The molecular weight excluding hydrogens is 392 g/mol. The lowest BCUT2D eigenvalue weighted by Gasteiger charge is -2.41. The van der Waals surface area contributed by atoms with Gasteiger partial charge in [-0.25, -0.2) is 0 Å². The number of hydrogen-bond donors (Lipinski definition) is 1. The highest BCUT2D eigenvalue weighted by Crippen LogP contribution is 2.22. The van der Waals surface area contributed by atoms with Crippen molar-refractivity contribution in [1.82, 2.24) is 4.90 Å². The molecule has 3 aromatic carbocycles. The largest absolute Gasteiger partial charge is 0.368 e. The maximum Gasteiger partial charge on any atom is 0.269 e. The van der Waals surface area contributed by atoms with Crippen molar-refractivity contribution in [3.8, 4) is 0 Å². The second-order valence-electron chi connectivity index (χ2n) is 7.55. The Balaban J connectivity index is 1.53. The Morgan fingerprint density at radius 2 is 1.58 bits per heavy atom. The molecule has 7 heteroatoms. The first-order valence-corrected chi connectivity index (χ1v) is 10.2. The number of benzene rings is 3. The van der Waals surface area contributed by atoms with Crippen molar-refractivity contribution in [3.05, 3.63) is 101 Å². The molecule has 1 N–H and O–H groups in total. The van der Waals surface area contributed by atoms with Crippen LogP contribution >= 0.6 is 0 Å². The first kappa shape index (κ1) is 20.6. The lowest BCUT2D eigenvalue weighted by atomic mass is 10.1. The van der Waals surface area contributed by atoms with E-state index in [0.717, 1.165) is 24.3 Å². The molecular formula is C24H24N4O3. The van der Waals surface area contributed by atoms with Crippen molar-refractivity contribution in [3.63, 3.8) is 0 Å². The molecule has 0 aliphatic carbocycles. The van der Waals surface area contributed by atoms with Gasteiger partial charge in [-0.15, -0.1) is 0 Å². The molecule has 7 nitrogen and oxygen atoms in total. The smallest absolute Gasteiger partial charge is 0.269 e. The Kier molecular flexibility index (Phi) is 6.24. The predicted octanol–water partition coefficient (Wildman–Crippen LogP) is 3.92. The molecule has 1 saturated heterocycles. The van der Waals surface area contributed by atoms with E-state index in [0.29, 0.717) is 18.8 Å². The number of nitrogens with zero attached hydrogens (tertiary/aromatic N) is 3. The molecule has 0 radical (unpaired) electrons. The number of nitro benzene ring substituents is 1. The first-order valence-electron chi connectivity index (χ1n) is 10.2. The number of nitrogens with one attached hydrogen (secondary N) is 1. The number of anilines is 2. The predicted molar refractivity (Wildman–Crippen MR) is 121 cm³/mol. The van der Waals surface area contributed by atoms with Gasteiger partial charge in [0.05, 0.1) is 4.92 Å². The summed E-state index contributed by atoms with van der Waals surface area (Å²) in [7, 11) is 0. The summed E-state index contributed by atoms with van der Waals surface area (Å²) in [5, 5.41) is 13.8. The highest BCUT2D eigenvalue weighted by molar-refractivity contribution is 5.95. The molecule has 1 amide bonds. The molecule has 0 aromatic heterocycles. The summed E-state index contributed by atoms with van der Waals surface area (Å²) in [4.78, 5) is 28.1. The van der Waals surface area contributed by atoms with E-state index in [-0.39, 0.29) is 17.6 Å². The normalized spacial score (nSPS) is 16.6. The lowest BCUT2D eigenvalue weighted by molar-refractivity contribution is -0.384. The summed E-state index contributed by atoms with van der Waals surface area (Å²) < 4.78 is 0. The fraction of sp³-hybridized carbons (Fsp3) is 0.208. The van der Waals surface area contributed by atoms with Crippen LogP contribution in [0.5, 0.6) is 0 Å². The van der Waals surface area contributed by atoms with Gasteiger partial charge in [0, 0.05) is 49.7 Å². The topological polar surface area (TPSA) is 78.7 Å². The minimum Gasteiger partial charge on any atom is -0.368 e. The standard InChI is InChI=1S/C24H24N4O3/c29-24(25-20-11-13-22(14-12-20)28(30)31)23-18-26(21-9-5-2-6-10-21)15-16-27(23)17-19-7-3-1-4-8-19/h1-14,23H,15-18H2,(H,25,29). The van der Waals surface area contributed by atoms with Gasteiger partial charge < -0.3 is 10.2 Å². The molecule has 31 heavy (non-hydrogen) atoms. The van der Waals surface area contributed by atoms with Crippen LogP contribution < -0.4 is 10.2 Å². The van der Waals surface area contributed by atoms with Crippen LogP contribution in [0.1, 0.15) is 5.56 Å². The van der Waals surface area contributed by atoms with Gasteiger partial charge in [-0.2, -0.15) is 0 Å². The van der Waals surface area contributed by atoms with Crippen molar-refractivity contribution in [2.24, 2.45) is 0 Å². The van der Waals surface area contributed by atoms with Gasteiger partial charge in [0.25, 0.3) is 5.69 Å². The third-order valence-corrected chi connectivity index (χ3v) is 5.49. The Morgan fingerprint density at radius 1 is 0.935 bits per heavy atom. The van der Waals surface area contributed by atoms with Gasteiger partial charge in [-0.1, -0.05) is 48.5 Å². The van der Waals surface area contributed by atoms with Crippen molar-refractivity contribution >= 4 is 23.0 Å². The van der Waals surface area contributed by atoms with Gasteiger partial charge >= 0.3 is 0 Å². The van der Waals surface area contributed by atoms with E-state index >= 15 is 0 Å². The average Bonchev–Trinajstić information content (AvgIpc) is 2.81. The molecule has 1 heterocycles. The molecule has 1 unspecified atom stereocenters. The van der Waals surface area contributed by atoms with E-state index in [1.807, 2.05) is 36.4 Å². The number of piperazine rings is 1. The zero-order valence-electron chi connectivity index (χ0n) is 17.1. The van der Waals surface area contributed by atoms with Crippen LogP contribution in [-0.2, 0) is 11.3 Å². The Morgan fingerprint density at radius 3 is 2.23 bits per heavy atom. The van der Waals surface area contributed by atoms with E-state index in [1.54, 1.807) is 12.1 Å². The van der Waals surface area contributed by atoms with E-state index in [4.69, 9.17) is 0 Å². The van der Waals surface area contributed by atoms with Crippen molar-refractivity contribution in [2.45, 2.75) is 12.6 Å². The molecule has 0 bridgehead atoms. The SMILES string of the molecule is O=C(Nc1ccc([N+](=O)[O-])cc1)C1CN(c2ccccc2)CCN1Cc1ccccc1. The molecule has 0 saturated carbocycles. The Bertz CT molecular complexity index is 1030. The van der Waals surface area contributed by atoms with Crippen molar-refractivity contribution < 1.29 is 9.72 Å². The molecule has 0 spiro atoms. The summed E-state index contributed by atoms with van der Waals surface area (Å²) in [6.45, 7) is 2.83. The average molecular weight is 416 g/mol. The molecule has 1 aliphatic heterocycles. The minimum absolute atomic E-state index is 0.00313. The van der Waals surface area contributed by atoms with Gasteiger partial charge in [0.1, 0.15) is 6.04 Å². The van der Waals surface area contributed by atoms with Crippen LogP contribution in [0.2, 0.25) is 0 Å². The summed E-state index contributed by atoms with van der Waals surface area (Å²) in [6, 6.07) is 25.8. The van der Waals surface area contributed by atoms with Gasteiger partial charge in [-0.05, 0) is 29.8 Å². The van der Waals surface area contributed by atoms with E-state index in [2.05, 4.69) is 39.4 Å². The van der Waals surface area contributed by atoms with Crippen LogP contribution in [0.25, 0.3) is 0 Å². The second-order valence-corrected chi connectivity index (χ2v) is 7.55. The van der Waals surface area contributed by atoms with Crippen LogP contribution in [0.15, 0.2) is 84.9 Å². The number of non-ortho nitro benzene ring substituents is 1. The second kappa shape index (κ2) is 9.40. The van der Waals surface area contributed by atoms with Crippen molar-refractivity contribution in [1.29, 1.82) is 0 Å². The molecule has 1 aliphatic rings. The Hall–Kier alpha value is -3.71. The molecule has 4 rings (SSSR count). The monoisotopic (exact) mass is 416 g/mol. The molecule has 1 fully saturated rings. The summed E-state index contributed by atoms with van der Waals surface area (Å²) in [6.07, 6.45) is 0. The zero-order chi connectivity index (χ0) is 21.6. The highest BCUT2D eigenvalue weighted by Gasteiger charge is 2.32. The number of nitro groups is 1. The maximum atomic E-state index is 13.3. The van der Waals surface area contributed by atoms with Gasteiger partial charge in [-0.3, -0.25) is 19.8 Å². The van der Waals surface area contributed by atoms with E-state index < -0.39 is 4.92 Å². The third-order valence-electron chi connectivity index (χ3n) is 5.49. The molecule has 158 valence electrons. The summed E-state index contributed by atoms with van der Waals surface area (Å²) >= 11 is 0. The van der Waals surface area contributed by atoms with Gasteiger partial charge in [0.2, 0.25) is 5.91 Å². The number of carbonyl (C=O) groups is 1. The molecule has 1 atom stereocenters. The quantitative estimate of drug-likeness (QED) is 0.487. The summed E-state index contributed by atoms with van der Waals surface area (Å²) in [5.74, 6) is -0.120. The van der Waals surface area contributed by atoms with Crippen LogP contribution in [-0.4, -0.2) is 41.4 Å². The minimum atomic E-state index is -0.452. The van der Waals surface area contributed by atoms with E-state index in [9.17, 15) is 14.9 Å². The lowest BCUT2D eigenvalue weighted by Crippen LogP contribution is -2.57. The number of amides is 1. The highest BCUT2D eigenvalue weighted by atomic mass is 16.6. The van der Waals surface area contributed by atoms with Crippen molar-refractivity contribution in [2.75, 3.05) is 29.9 Å². The van der Waals surface area contributed by atoms with E-state index in [1.165, 1.54) is 12.1 Å². The number of carbonyl (C=O) groups excluding carboxylic acids is 1. The van der Waals surface area contributed by atoms with Crippen LogP contribution in [0.4, 0.5) is 17.1 Å². The van der Waals surface area contributed by atoms with Crippen LogP contribution in [0.3, 0.4) is 0 Å². The Labute approximate surface area is 181 Å². The van der Waals surface area contributed by atoms with Gasteiger partial charge in [0.15, 0.2) is 0 Å². The summed E-state index contributed by atoms with van der Waals surface area (Å²) in [5.41, 5.74) is 2.79. The fourth-order valence-electron chi connectivity index (χ4n) is 3.84. The number of para-hydroxylation sites is 1. The first-order chi connectivity index (χ1) is 15.1. The number of rotatable bonds is 6. The third kappa shape index (κ3) is 5.07. The zero-order valence-corrected chi connectivity index (χ0v) is 17.1.